The van der Waals surface area contributed by atoms with E-state index in [0.29, 0.717) is 18.0 Å². The van der Waals surface area contributed by atoms with E-state index in [-0.39, 0.29) is 30.9 Å². The first-order valence-corrected chi connectivity index (χ1v) is 8.66. The van der Waals surface area contributed by atoms with E-state index in [1.165, 1.54) is 11.2 Å². The molecule has 1 aromatic heterocycles. The fraction of sp³-hybridized carbons (Fsp3) is 0.316. The lowest BCUT2D eigenvalue weighted by Crippen LogP contribution is -2.52. The number of morpholine rings is 1. The Kier molecular flexibility index (Phi) is 5.95. The summed E-state index contributed by atoms with van der Waals surface area (Å²) in [5.41, 5.74) is 0.484. The maximum atomic E-state index is 12.4. The van der Waals surface area contributed by atoms with E-state index in [2.05, 4.69) is 5.32 Å². The molecule has 0 bridgehead atoms. The van der Waals surface area contributed by atoms with Crippen molar-refractivity contribution in [2.24, 2.45) is 0 Å². The average molecular weight is 388 g/mol. The van der Waals surface area contributed by atoms with Gasteiger partial charge < -0.3 is 29.2 Å². The van der Waals surface area contributed by atoms with Gasteiger partial charge in [-0.3, -0.25) is 9.59 Å². The molecule has 1 unspecified atom stereocenters. The fourth-order valence-corrected chi connectivity index (χ4v) is 2.79. The zero-order chi connectivity index (χ0) is 20.1. The van der Waals surface area contributed by atoms with Gasteiger partial charge in [0.15, 0.2) is 18.5 Å². The predicted molar refractivity (Wildman–Crippen MR) is 97.1 cm³/mol. The minimum Gasteiger partial charge on any atom is -0.484 e. The highest BCUT2D eigenvalue weighted by molar-refractivity contribution is 6.02. The number of carboxylic acid groups (broad SMARTS) is 1. The molecule has 28 heavy (non-hydrogen) atoms. The third-order valence-corrected chi connectivity index (χ3v) is 4.09. The van der Waals surface area contributed by atoms with Crippen LogP contribution in [0.15, 0.2) is 47.1 Å². The Bertz CT molecular complexity index is 850. The summed E-state index contributed by atoms with van der Waals surface area (Å²) >= 11 is 0. The molecule has 3 rings (SSSR count). The maximum absolute atomic E-state index is 12.4. The van der Waals surface area contributed by atoms with Crippen molar-refractivity contribution in [1.82, 2.24) is 4.90 Å². The molecule has 9 nitrogen and oxygen atoms in total. The van der Waals surface area contributed by atoms with E-state index in [1.54, 1.807) is 43.3 Å². The fourth-order valence-electron chi connectivity index (χ4n) is 2.79. The van der Waals surface area contributed by atoms with E-state index in [0.717, 1.165) is 0 Å². The van der Waals surface area contributed by atoms with Gasteiger partial charge in [0.2, 0.25) is 0 Å². The number of amides is 2. The van der Waals surface area contributed by atoms with Gasteiger partial charge in [-0.15, -0.1) is 0 Å². The van der Waals surface area contributed by atoms with Gasteiger partial charge in [0.25, 0.3) is 11.8 Å². The Labute approximate surface area is 160 Å². The zero-order valence-corrected chi connectivity index (χ0v) is 15.2. The first-order valence-electron chi connectivity index (χ1n) is 8.66. The van der Waals surface area contributed by atoms with Crippen molar-refractivity contribution in [1.29, 1.82) is 0 Å². The Hall–Kier alpha value is -3.33. The molecule has 1 aromatic carbocycles. The van der Waals surface area contributed by atoms with Crippen LogP contribution in [0.5, 0.6) is 5.75 Å². The number of carboxylic acids is 1. The monoisotopic (exact) mass is 388 g/mol. The average Bonchev–Trinajstić information content (AvgIpc) is 3.21. The molecule has 2 N–H and O–H groups in total. The SMILES string of the molecule is C[C@@H]1CN(C(=O)COc2cccc(NC(=O)c3ccco3)c2)CC(C(=O)O)O1. The van der Waals surface area contributed by atoms with Crippen LogP contribution in [-0.2, 0) is 14.3 Å². The number of benzene rings is 1. The summed E-state index contributed by atoms with van der Waals surface area (Å²) < 4.78 is 15.8. The van der Waals surface area contributed by atoms with Gasteiger partial charge in [-0.1, -0.05) is 6.07 Å². The van der Waals surface area contributed by atoms with Gasteiger partial charge in [-0.2, -0.15) is 0 Å². The molecular formula is C19H20N2O7. The van der Waals surface area contributed by atoms with E-state index in [1.807, 2.05) is 0 Å². The Morgan fingerprint density at radius 1 is 1.25 bits per heavy atom. The molecule has 1 saturated heterocycles. The van der Waals surface area contributed by atoms with Crippen molar-refractivity contribution in [3.8, 4) is 5.75 Å². The molecule has 9 heteroatoms. The Morgan fingerprint density at radius 3 is 2.79 bits per heavy atom. The minimum absolute atomic E-state index is 0.0267. The third-order valence-electron chi connectivity index (χ3n) is 4.09. The molecule has 1 aliphatic rings. The highest BCUT2D eigenvalue weighted by Crippen LogP contribution is 2.19. The topological polar surface area (TPSA) is 118 Å². The van der Waals surface area contributed by atoms with Crippen LogP contribution in [0.2, 0.25) is 0 Å². The number of hydrogen-bond acceptors (Lipinski definition) is 6. The van der Waals surface area contributed by atoms with Gasteiger partial charge in [0, 0.05) is 18.3 Å². The number of carbonyl (C=O) groups excluding carboxylic acids is 2. The number of hydrogen-bond donors (Lipinski definition) is 2. The van der Waals surface area contributed by atoms with Crippen LogP contribution in [0.4, 0.5) is 5.69 Å². The van der Waals surface area contributed by atoms with Crippen LogP contribution in [-0.4, -0.2) is 59.7 Å². The molecule has 148 valence electrons. The van der Waals surface area contributed by atoms with Crippen LogP contribution in [0, 0.1) is 0 Å². The summed E-state index contributed by atoms with van der Waals surface area (Å²) in [4.78, 5) is 36.9. The number of furan rings is 1. The number of aliphatic carboxylic acids is 1. The van der Waals surface area contributed by atoms with E-state index < -0.39 is 18.0 Å². The van der Waals surface area contributed by atoms with Gasteiger partial charge in [-0.05, 0) is 31.2 Å². The summed E-state index contributed by atoms with van der Waals surface area (Å²) in [6.45, 7) is 1.72. The maximum Gasteiger partial charge on any atom is 0.334 e. The van der Waals surface area contributed by atoms with Crippen LogP contribution < -0.4 is 10.1 Å². The molecular weight excluding hydrogens is 368 g/mol. The summed E-state index contributed by atoms with van der Waals surface area (Å²) in [5, 5.41) is 11.8. The van der Waals surface area contributed by atoms with Crippen LogP contribution in [0.3, 0.4) is 0 Å². The lowest BCUT2D eigenvalue weighted by Gasteiger charge is -2.34. The predicted octanol–water partition coefficient (Wildman–Crippen LogP) is 1.61. The Balaban J connectivity index is 1.56. The molecule has 2 aromatic rings. The number of carbonyl (C=O) groups is 3. The summed E-state index contributed by atoms with van der Waals surface area (Å²) in [5.74, 6) is -1.28. The quantitative estimate of drug-likeness (QED) is 0.772. The van der Waals surface area contributed by atoms with Gasteiger partial charge in [0.05, 0.1) is 18.9 Å². The number of anilines is 1. The van der Waals surface area contributed by atoms with Crippen molar-refractivity contribution < 1.29 is 33.4 Å². The van der Waals surface area contributed by atoms with Crippen molar-refractivity contribution in [2.45, 2.75) is 19.1 Å². The van der Waals surface area contributed by atoms with Gasteiger partial charge in [0.1, 0.15) is 5.75 Å². The largest absolute Gasteiger partial charge is 0.484 e. The standard InChI is InChI=1S/C19H20N2O7/c1-12-9-21(10-16(28-12)19(24)25)17(22)11-27-14-5-2-4-13(8-14)20-18(23)15-6-3-7-26-15/h2-8,12,16H,9-11H2,1H3,(H,20,23)(H,24,25)/t12-,16?/m1/s1. The van der Waals surface area contributed by atoms with Gasteiger partial charge in [-0.25, -0.2) is 4.79 Å². The van der Waals surface area contributed by atoms with Gasteiger partial charge >= 0.3 is 5.97 Å². The van der Waals surface area contributed by atoms with Crippen molar-refractivity contribution in [3.63, 3.8) is 0 Å². The first-order chi connectivity index (χ1) is 13.4. The minimum atomic E-state index is -1.11. The van der Waals surface area contributed by atoms with Crippen molar-refractivity contribution >= 4 is 23.5 Å². The lowest BCUT2D eigenvalue weighted by molar-refractivity contribution is -0.167. The second kappa shape index (κ2) is 8.57. The molecule has 0 aliphatic carbocycles. The number of rotatable bonds is 6. The summed E-state index contributed by atoms with van der Waals surface area (Å²) in [6, 6.07) is 9.74. The first kappa shape index (κ1) is 19.4. The van der Waals surface area contributed by atoms with E-state index >= 15 is 0 Å². The van der Waals surface area contributed by atoms with E-state index in [4.69, 9.17) is 19.0 Å². The molecule has 1 aliphatic heterocycles. The lowest BCUT2D eigenvalue weighted by atomic mass is 10.2. The summed E-state index contributed by atoms with van der Waals surface area (Å²) in [6.07, 6.45) is -0.0200. The molecule has 2 atom stereocenters. The second-order valence-corrected chi connectivity index (χ2v) is 6.32. The zero-order valence-electron chi connectivity index (χ0n) is 15.2. The normalized spacial score (nSPS) is 19.1. The molecule has 2 amide bonds. The number of nitrogens with one attached hydrogen (secondary N) is 1. The third kappa shape index (κ3) is 4.89. The molecule has 0 radical (unpaired) electrons. The highest BCUT2D eigenvalue weighted by atomic mass is 16.5. The molecule has 0 spiro atoms. The van der Waals surface area contributed by atoms with Crippen LogP contribution in [0.1, 0.15) is 17.5 Å². The smallest absolute Gasteiger partial charge is 0.334 e. The molecule has 0 saturated carbocycles. The van der Waals surface area contributed by atoms with Crippen LogP contribution in [0.25, 0.3) is 0 Å². The molecule has 1 fully saturated rings. The Morgan fingerprint density at radius 2 is 2.07 bits per heavy atom. The van der Waals surface area contributed by atoms with Crippen molar-refractivity contribution in [2.75, 3.05) is 25.0 Å². The summed E-state index contributed by atoms with van der Waals surface area (Å²) in [7, 11) is 0. The highest BCUT2D eigenvalue weighted by Gasteiger charge is 2.32. The van der Waals surface area contributed by atoms with Crippen molar-refractivity contribution in [3.05, 3.63) is 48.4 Å². The van der Waals surface area contributed by atoms with Crippen LogP contribution >= 0.6 is 0 Å². The second-order valence-electron chi connectivity index (χ2n) is 6.32. The number of nitrogens with zero attached hydrogens (tertiary/aromatic N) is 1. The van der Waals surface area contributed by atoms with E-state index in [9.17, 15) is 14.4 Å². The number of ether oxygens (including phenoxy) is 2. The molecule has 2 heterocycles.